The number of ketones is 1. The molecular formula is C26H36O8. The average Bonchev–Trinajstić information content (AvgIpc) is 2.69. The van der Waals surface area contributed by atoms with Crippen molar-refractivity contribution in [3.63, 3.8) is 0 Å². The third-order valence-corrected chi connectivity index (χ3v) is 8.31. The molecule has 3 aliphatic rings. The van der Waals surface area contributed by atoms with Gasteiger partial charge in [0.05, 0.1) is 11.5 Å². The Hall–Kier alpha value is -2.48. The molecule has 2 fully saturated rings. The second-order valence-electron chi connectivity index (χ2n) is 10.7. The van der Waals surface area contributed by atoms with Crippen LogP contribution in [0.3, 0.4) is 0 Å². The first-order chi connectivity index (χ1) is 15.6. The molecule has 3 aliphatic carbocycles. The smallest absolute Gasteiger partial charge is 0.303 e. The largest absolute Gasteiger partial charge is 0.462 e. The van der Waals surface area contributed by atoms with E-state index in [2.05, 4.69) is 6.58 Å². The molecule has 188 valence electrons. The maximum absolute atomic E-state index is 13.1. The maximum Gasteiger partial charge on any atom is 0.303 e. The summed E-state index contributed by atoms with van der Waals surface area (Å²) in [5.74, 6) is -2.41. The molecule has 8 nitrogen and oxygen atoms in total. The molecule has 2 saturated carbocycles. The summed E-state index contributed by atoms with van der Waals surface area (Å²) < 4.78 is 17.5. The molecule has 7 atom stereocenters. The molecule has 8 heteroatoms. The van der Waals surface area contributed by atoms with E-state index in [1.165, 1.54) is 20.8 Å². The van der Waals surface area contributed by atoms with Crippen LogP contribution in [0, 0.1) is 22.7 Å². The van der Waals surface area contributed by atoms with Gasteiger partial charge in [-0.15, -0.1) is 0 Å². The molecule has 1 N–H and O–H groups in total. The minimum Gasteiger partial charge on any atom is -0.462 e. The Balaban J connectivity index is 2.37. The van der Waals surface area contributed by atoms with Gasteiger partial charge in [0, 0.05) is 33.6 Å². The molecule has 0 aliphatic heterocycles. The predicted octanol–water partition coefficient (Wildman–Crippen LogP) is 3.06. The zero-order valence-corrected chi connectivity index (χ0v) is 21.1. The van der Waals surface area contributed by atoms with Gasteiger partial charge in [0.25, 0.3) is 0 Å². The maximum atomic E-state index is 13.1. The predicted molar refractivity (Wildman–Crippen MR) is 122 cm³/mol. The minimum atomic E-state index is -1.08. The summed E-state index contributed by atoms with van der Waals surface area (Å²) in [5.41, 5.74) is -0.00694. The number of aliphatic hydroxyl groups excluding tert-OH is 1. The molecule has 2 bridgehead atoms. The van der Waals surface area contributed by atoms with Crippen molar-refractivity contribution in [1.82, 2.24) is 0 Å². The molecule has 0 amide bonds. The zero-order chi connectivity index (χ0) is 25.7. The van der Waals surface area contributed by atoms with Crippen LogP contribution in [-0.4, -0.2) is 53.2 Å². The first-order valence-corrected chi connectivity index (χ1v) is 11.7. The molecule has 0 saturated heterocycles. The molecule has 0 aromatic heterocycles. The van der Waals surface area contributed by atoms with E-state index in [-0.39, 0.29) is 18.1 Å². The highest BCUT2D eigenvalue weighted by atomic mass is 16.6. The summed E-state index contributed by atoms with van der Waals surface area (Å²) in [6.45, 7) is 15.5. The lowest BCUT2D eigenvalue weighted by atomic mass is 9.50. The lowest BCUT2D eigenvalue weighted by Gasteiger charge is -2.58. The SMILES string of the molecule is C=C1[C@H]2C[C@H]3CC(=O)C(C)=C([C@@H](OC(C)=O)[C@H](OC(C)=O)[C@]2(C)[C@@H](OC(C)=O)C[C@@H]1O)C3(C)C. The zero-order valence-electron chi connectivity index (χ0n) is 21.1. The highest BCUT2D eigenvalue weighted by molar-refractivity contribution is 5.97. The summed E-state index contributed by atoms with van der Waals surface area (Å²) in [7, 11) is 0. The second kappa shape index (κ2) is 8.95. The summed E-state index contributed by atoms with van der Waals surface area (Å²) >= 11 is 0. The lowest BCUT2D eigenvalue weighted by Crippen LogP contribution is -2.64. The third-order valence-electron chi connectivity index (χ3n) is 8.31. The molecular weight excluding hydrogens is 440 g/mol. The Morgan fingerprint density at radius 2 is 1.53 bits per heavy atom. The Morgan fingerprint density at radius 3 is 2.06 bits per heavy atom. The summed E-state index contributed by atoms with van der Waals surface area (Å²) in [6.07, 6.45) is -3.10. The Labute approximate surface area is 200 Å². The number of ether oxygens (including phenoxy) is 3. The van der Waals surface area contributed by atoms with E-state index < -0.39 is 59.1 Å². The van der Waals surface area contributed by atoms with Crippen LogP contribution in [0.4, 0.5) is 0 Å². The fourth-order valence-corrected chi connectivity index (χ4v) is 6.50. The molecule has 34 heavy (non-hydrogen) atoms. The van der Waals surface area contributed by atoms with Crippen molar-refractivity contribution in [2.45, 2.75) is 92.1 Å². The normalized spacial score (nSPS) is 37.2. The van der Waals surface area contributed by atoms with Gasteiger partial charge >= 0.3 is 17.9 Å². The topological polar surface area (TPSA) is 116 Å². The molecule has 0 unspecified atom stereocenters. The first-order valence-electron chi connectivity index (χ1n) is 11.7. The Kier molecular flexibility index (Phi) is 6.88. The van der Waals surface area contributed by atoms with Crippen LogP contribution in [0.5, 0.6) is 0 Å². The highest BCUT2D eigenvalue weighted by Gasteiger charge is 2.63. The van der Waals surface area contributed by atoms with Gasteiger partial charge in [-0.1, -0.05) is 27.4 Å². The number of hydrogen-bond acceptors (Lipinski definition) is 8. The number of allylic oxidation sites excluding steroid dienone is 1. The van der Waals surface area contributed by atoms with Crippen molar-refractivity contribution < 1.29 is 38.5 Å². The molecule has 0 radical (unpaired) electrons. The van der Waals surface area contributed by atoms with Crippen LogP contribution in [0.25, 0.3) is 0 Å². The van der Waals surface area contributed by atoms with Crippen molar-refractivity contribution in [2.24, 2.45) is 22.7 Å². The van der Waals surface area contributed by atoms with E-state index in [4.69, 9.17) is 14.2 Å². The van der Waals surface area contributed by atoms with E-state index in [9.17, 15) is 24.3 Å². The second-order valence-corrected chi connectivity index (χ2v) is 10.7. The standard InChI is InChI=1S/C26H36O8/c1-12-18-9-17-10-19(30)13(2)22(25(17,6)7)23(33-15(4)28)24(34-16(5)29)26(18,8)21(11-20(12)31)32-14(3)27/h17-18,20-21,23-24,31H,1,9-11H2,2-8H3/t17-,18+,20-,21-,23+,24-,26-/m0/s1. The number of rotatable bonds is 3. The van der Waals surface area contributed by atoms with Crippen molar-refractivity contribution in [3.05, 3.63) is 23.3 Å². The average molecular weight is 477 g/mol. The Bertz CT molecular complexity index is 960. The number of carbonyl (C=O) groups is 4. The summed E-state index contributed by atoms with van der Waals surface area (Å²) in [4.78, 5) is 49.9. The van der Waals surface area contributed by atoms with Gasteiger partial charge < -0.3 is 19.3 Å². The quantitative estimate of drug-likeness (QED) is 0.375. The van der Waals surface area contributed by atoms with Crippen LogP contribution in [0.1, 0.15) is 67.7 Å². The van der Waals surface area contributed by atoms with Crippen LogP contribution >= 0.6 is 0 Å². The lowest BCUT2D eigenvalue weighted by molar-refractivity contribution is -0.210. The third kappa shape index (κ3) is 4.21. The molecule has 0 aromatic carbocycles. The summed E-state index contributed by atoms with van der Waals surface area (Å²) in [6, 6.07) is 0. The van der Waals surface area contributed by atoms with E-state index in [1.54, 1.807) is 6.92 Å². The van der Waals surface area contributed by atoms with Crippen LogP contribution in [0.2, 0.25) is 0 Å². The number of hydrogen-bond donors (Lipinski definition) is 1. The van der Waals surface area contributed by atoms with E-state index in [0.717, 1.165) is 0 Å². The van der Waals surface area contributed by atoms with E-state index in [0.29, 0.717) is 29.6 Å². The first kappa shape index (κ1) is 26.1. The van der Waals surface area contributed by atoms with E-state index >= 15 is 0 Å². The van der Waals surface area contributed by atoms with Crippen molar-refractivity contribution in [2.75, 3.05) is 0 Å². The van der Waals surface area contributed by atoms with Crippen molar-refractivity contribution in [3.8, 4) is 0 Å². The van der Waals surface area contributed by atoms with E-state index in [1.807, 2.05) is 20.8 Å². The fraction of sp³-hybridized carbons (Fsp3) is 0.692. The van der Waals surface area contributed by atoms with Crippen LogP contribution in [-0.2, 0) is 33.4 Å². The molecule has 3 rings (SSSR count). The number of aliphatic hydroxyl groups is 1. The van der Waals surface area contributed by atoms with Gasteiger partial charge in [0.15, 0.2) is 18.0 Å². The fourth-order valence-electron chi connectivity index (χ4n) is 6.50. The number of carbonyl (C=O) groups excluding carboxylic acids is 4. The number of fused-ring (bicyclic) bond motifs is 3. The monoisotopic (exact) mass is 476 g/mol. The number of esters is 3. The molecule has 0 spiro atoms. The van der Waals surface area contributed by atoms with Crippen LogP contribution < -0.4 is 0 Å². The van der Waals surface area contributed by atoms with Crippen molar-refractivity contribution >= 4 is 23.7 Å². The number of Topliss-reactive ketones (excluding diaryl/α,β-unsaturated/α-hetero) is 1. The van der Waals surface area contributed by atoms with Crippen LogP contribution in [0.15, 0.2) is 23.3 Å². The minimum absolute atomic E-state index is 0.0554. The highest BCUT2D eigenvalue weighted by Crippen LogP contribution is 2.60. The van der Waals surface area contributed by atoms with Gasteiger partial charge in [-0.25, -0.2) is 0 Å². The van der Waals surface area contributed by atoms with Gasteiger partial charge in [0.2, 0.25) is 0 Å². The van der Waals surface area contributed by atoms with Gasteiger partial charge in [0.1, 0.15) is 6.10 Å². The molecule has 0 aromatic rings. The van der Waals surface area contributed by atoms with Gasteiger partial charge in [-0.05, 0) is 47.3 Å². The van der Waals surface area contributed by atoms with Gasteiger partial charge in [-0.3, -0.25) is 19.2 Å². The van der Waals surface area contributed by atoms with Crippen molar-refractivity contribution in [1.29, 1.82) is 0 Å². The Morgan fingerprint density at radius 1 is 0.971 bits per heavy atom. The van der Waals surface area contributed by atoms with Gasteiger partial charge in [-0.2, -0.15) is 0 Å². The molecule has 0 heterocycles. The summed E-state index contributed by atoms with van der Waals surface area (Å²) in [5, 5.41) is 10.8.